The SMILES string of the molecule is CC(=O)NCCNc1ncnc2c1sc1ncccc12. The fourth-order valence-corrected chi connectivity index (χ4v) is 3.02. The van der Waals surface area contributed by atoms with Crippen molar-refractivity contribution < 1.29 is 4.79 Å². The van der Waals surface area contributed by atoms with Crippen LogP contribution in [0.25, 0.3) is 20.4 Å². The van der Waals surface area contributed by atoms with Gasteiger partial charge in [-0.1, -0.05) is 0 Å². The van der Waals surface area contributed by atoms with Crippen molar-refractivity contribution in [2.24, 2.45) is 0 Å². The molecule has 6 nitrogen and oxygen atoms in total. The molecule has 0 saturated carbocycles. The fourth-order valence-electron chi connectivity index (χ4n) is 1.96. The Bertz CT molecular complexity index is 770. The molecule has 3 aromatic heterocycles. The van der Waals surface area contributed by atoms with E-state index in [4.69, 9.17) is 0 Å². The number of anilines is 1. The average Bonchev–Trinajstić information content (AvgIpc) is 2.83. The Morgan fingerprint density at radius 1 is 1.30 bits per heavy atom. The van der Waals surface area contributed by atoms with E-state index in [9.17, 15) is 4.79 Å². The maximum Gasteiger partial charge on any atom is 0.216 e. The number of pyridine rings is 1. The number of fused-ring (bicyclic) bond motifs is 3. The number of nitrogens with one attached hydrogen (secondary N) is 2. The monoisotopic (exact) mass is 287 g/mol. The topological polar surface area (TPSA) is 79.8 Å². The van der Waals surface area contributed by atoms with Crippen molar-refractivity contribution >= 4 is 43.5 Å². The van der Waals surface area contributed by atoms with Gasteiger partial charge in [0.1, 0.15) is 17.0 Å². The highest BCUT2D eigenvalue weighted by atomic mass is 32.1. The minimum Gasteiger partial charge on any atom is -0.367 e. The molecular weight excluding hydrogens is 274 g/mol. The molecule has 3 aromatic rings. The highest BCUT2D eigenvalue weighted by Gasteiger charge is 2.11. The van der Waals surface area contributed by atoms with Crippen molar-refractivity contribution in [2.75, 3.05) is 18.4 Å². The molecule has 0 spiro atoms. The van der Waals surface area contributed by atoms with E-state index in [1.807, 2.05) is 12.1 Å². The Labute approximate surface area is 119 Å². The zero-order valence-corrected chi connectivity index (χ0v) is 11.7. The Balaban J connectivity index is 1.89. The van der Waals surface area contributed by atoms with Gasteiger partial charge >= 0.3 is 0 Å². The van der Waals surface area contributed by atoms with Crippen LogP contribution < -0.4 is 10.6 Å². The lowest BCUT2D eigenvalue weighted by atomic mass is 10.3. The van der Waals surface area contributed by atoms with Gasteiger partial charge < -0.3 is 10.6 Å². The lowest BCUT2D eigenvalue weighted by molar-refractivity contribution is -0.118. The van der Waals surface area contributed by atoms with Crippen LogP contribution in [0.5, 0.6) is 0 Å². The summed E-state index contributed by atoms with van der Waals surface area (Å²) in [7, 11) is 0. The van der Waals surface area contributed by atoms with E-state index < -0.39 is 0 Å². The summed E-state index contributed by atoms with van der Waals surface area (Å²) in [6.07, 6.45) is 3.32. The van der Waals surface area contributed by atoms with Crippen LogP contribution in [0.1, 0.15) is 6.92 Å². The van der Waals surface area contributed by atoms with Gasteiger partial charge in [-0.05, 0) is 12.1 Å². The van der Waals surface area contributed by atoms with E-state index in [0.29, 0.717) is 13.1 Å². The maximum absolute atomic E-state index is 10.8. The molecule has 7 heteroatoms. The summed E-state index contributed by atoms with van der Waals surface area (Å²) in [5.74, 6) is 0.744. The molecule has 0 aliphatic rings. The summed E-state index contributed by atoms with van der Waals surface area (Å²) in [6.45, 7) is 2.68. The lowest BCUT2D eigenvalue weighted by Gasteiger charge is -2.06. The van der Waals surface area contributed by atoms with Gasteiger partial charge in [0.15, 0.2) is 0 Å². The molecule has 102 valence electrons. The van der Waals surface area contributed by atoms with Crippen LogP contribution in [0.3, 0.4) is 0 Å². The summed E-state index contributed by atoms with van der Waals surface area (Å²) < 4.78 is 0.990. The van der Waals surface area contributed by atoms with Gasteiger partial charge in [0.2, 0.25) is 5.91 Å². The number of hydrogen-bond donors (Lipinski definition) is 2. The fraction of sp³-hybridized carbons (Fsp3) is 0.231. The number of carbonyl (C=O) groups is 1. The Kier molecular flexibility index (Phi) is 3.42. The van der Waals surface area contributed by atoms with Crippen molar-refractivity contribution in [3.8, 4) is 0 Å². The predicted molar refractivity (Wildman–Crippen MR) is 79.9 cm³/mol. The molecule has 0 atom stereocenters. The second-order valence-electron chi connectivity index (χ2n) is 4.27. The summed E-state index contributed by atoms with van der Waals surface area (Å²) >= 11 is 1.57. The molecule has 0 unspecified atom stereocenters. The molecule has 3 heterocycles. The van der Waals surface area contributed by atoms with Gasteiger partial charge in [0, 0.05) is 31.6 Å². The average molecular weight is 287 g/mol. The number of rotatable bonds is 4. The van der Waals surface area contributed by atoms with Gasteiger partial charge in [-0.3, -0.25) is 4.79 Å². The van der Waals surface area contributed by atoms with Crippen LogP contribution in [0.2, 0.25) is 0 Å². The first-order valence-corrected chi connectivity index (χ1v) is 7.04. The second kappa shape index (κ2) is 5.38. The van der Waals surface area contributed by atoms with Crippen molar-refractivity contribution in [1.82, 2.24) is 20.3 Å². The van der Waals surface area contributed by atoms with Gasteiger partial charge in [0.25, 0.3) is 0 Å². The molecule has 3 rings (SSSR count). The molecule has 1 amide bonds. The highest BCUT2D eigenvalue weighted by Crippen LogP contribution is 2.34. The van der Waals surface area contributed by atoms with Gasteiger partial charge in [-0.2, -0.15) is 0 Å². The molecule has 2 N–H and O–H groups in total. The molecule has 0 saturated heterocycles. The molecule has 0 aromatic carbocycles. The standard InChI is InChI=1S/C13H13N5OS/c1-8(19)14-5-6-15-12-11-10(17-7-18-12)9-3-2-4-16-13(9)20-11/h2-4,7H,5-6H2,1H3,(H,14,19)(H,15,17,18). The summed E-state index contributed by atoms with van der Waals surface area (Å²) in [5, 5.41) is 7.00. The second-order valence-corrected chi connectivity index (χ2v) is 5.27. The van der Waals surface area contributed by atoms with Crippen LogP contribution in [-0.4, -0.2) is 33.9 Å². The number of carbonyl (C=O) groups excluding carboxylic acids is 1. The molecule has 0 aliphatic heterocycles. The number of thiophene rings is 1. The number of hydrogen-bond acceptors (Lipinski definition) is 6. The summed E-state index contributed by atoms with van der Waals surface area (Å²) in [6, 6.07) is 3.91. The summed E-state index contributed by atoms with van der Waals surface area (Å²) in [4.78, 5) is 24.7. The zero-order valence-electron chi connectivity index (χ0n) is 10.9. The van der Waals surface area contributed by atoms with Gasteiger partial charge in [-0.25, -0.2) is 15.0 Å². The molecule has 20 heavy (non-hydrogen) atoms. The Morgan fingerprint density at radius 2 is 2.20 bits per heavy atom. The van der Waals surface area contributed by atoms with E-state index in [-0.39, 0.29) is 5.91 Å². The smallest absolute Gasteiger partial charge is 0.216 e. The third-order valence-electron chi connectivity index (χ3n) is 2.82. The molecule has 0 bridgehead atoms. The van der Waals surface area contributed by atoms with Crippen LogP contribution in [0, 0.1) is 0 Å². The number of nitrogens with zero attached hydrogens (tertiary/aromatic N) is 3. The first-order valence-electron chi connectivity index (χ1n) is 6.22. The minimum atomic E-state index is -0.0364. The lowest BCUT2D eigenvalue weighted by Crippen LogP contribution is -2.26. The van der Waals surface area contributed by atoms with E-state index in [1.165, 1.54) is 6.92 Å². The zero-order chi connectivity index (χ0) is 13.9. The van der Waals surface area contributed by atoms with Gasteiger partial charge in [0.05, 0.1) is 10.2 Å². The third kappa shape index (κ3) is 2.39. The van der Waals surface area contributed by atoms with Crippen LogP contribution in [-0.2, 0) is 4.79 Å². The molecular formula is C13H13N5OS. The predicted octanol–water partition coefficient (Wildman–Crippen LogP) is 1.79. The van der Waals surface area contributed by atoms with E-state index in [0.717, 1.165) is 26.3 Å². The molecule has 0 aliphatic carbocycles. The maximum atomic E-state index is 10.8. The first kappa shape index (κ1) is 12.7. The molecule has 0 radical (unpaired) electrons. The largest absolute Gasteiger partial charge is 0.367 e. The summed E-state index contributed by atoms with van der Waals surface area (Å²) in [5.41, 5.74) is 0.912. The van der Waals surface area contributed by atoms with Crippen molar-refractivity contribution in [1.29, 1.82) is 0 Å². The normalized spacial score (nSPS) is 10.8. The van der Waals surface area contributed by atoms with E-state index in [2.05, 4.69) is 25.6 Å². The van der Waals surface area contributed by atoms with E-state index in [1.54, 1.807) is 23.9 Å². The third-order valence-corrected chi connectivity index (χ3v) is 3.93. The molecule has 0 fully saturated rings. The number of amides is 1. The van der Waals surface area contributed by atoms with Crippen molar-refractivity contribution in [3.05, 3.63) is 24.7 Å². The Morgan fingerprint density at radius 3 is 3.05 bits per heavy atom. The van der Waals surface area contributed by atoms with Gasteiger partial charge in [-0.15, -0.1) is 11.3 Å². The first-order chi connectivity index (χ1) is 9.75. The van der Waals surface area contributed by atoms with Crippen molar-refractivity contribution in [2.45, 2.75) is 6.92 Å². The minimum absolute atomic E-state index is 0.0364. The van der Waals surface area contributed by atoms with Crippen LogP contribution in [0.4, 0.5) is 5.82 Å². The number of aromatic nitrogens is 3. The van der Waals surface area contributed by atoms with E-state index >= 15 is 0 Å². The van der Waals surface area contributed by atoms with Crippen LogP contribution in [0.15, 0.2) is 24.7 Å². The Hall–Kier alpha value is -2.28. The van der Waals surface area contributed by atoms with Crippen LogP contribution >= 0.6 is 11.3 Å². The quantitative estimate of drug-likeness (QED) is 0.715. The highest BCUT2D eigenvalue weighted by molar-refractivity contribution is 7.25. The van der Waals surface area contributed by atoms with Crippen molar-refractivity contribution in [3.63, 3.8) is 0 Å².